The van der Waals surface area contributed by atoms with Crippen LogP contribution >= 0.6 is 12.2 Å². The van der Waals surface area contributed by atoms with Crippen LogP contribution in [0.3, 0.4) is 0 Å². The van der Waals surface area contributed by atoms with Gasteiger partial charge in [0.05, 0.1) is 11.7 Å². The van der Waals surface area contributed by atoms with E-state index in [1.165, 1.54) is 0 Å². The Labute approximate surface area is 65.0 Å². The first-order chi connectivity index (χ1) is 4.74. The second-order valence-corrected chi connectivity index (χ2v) is 2.49. The molecule has 0 fully saturated rings. The van der Waals surface area contributed by atoms with E-state index in [2.05, 4.69) is 10.3 Å². The molecule has 54 valence electrons. The van der Waals surface area contributed by atoms with Crippen molar-refractivity contribution in [3.8, 4) is 0 Å². The highest BCUT2D eigenvalue weighted by Gasteiger charge is 2.00. The molecule has 0 aliphatic rings. The molecule has 0 saturated carbocycles. The summed E-state index contributed by atoms with van der Waals surface area (Å²) in [5, 5.41) is 9.35. The van der Waals surface area contributed by atoms with Crippen molar-refractivity contribution in [1.29, 1.82) is 0 Å². The summed E-state index contributed by atoms with van der Waals surface area (Å²) in [5.41, 5.74) is 0.920. The van der Waals surface area contributed by atoms with Crippen molar-refractivity contribution in [2.75, 3.05) is 0 Å². The molecular weight excluding hydrogens is 146 g/mol. The minimum atomic E-state index is 0.163. The van der Waals surface area contributed by atoms with Crippen LogP contribution in [0, 0.1) is 6.92 Å². The summed E-state index contributed by atoms with van der Waals surface area (Å²) in [5.74, 6) is 0. The Morgan fingerprint density at radius 1 is 1.80 bits per heavy atom. The van der Waals surface area contributed by atoms with E-state index in [-0.39, 0.29) is 6.04 Å². The van der Waals surface area contributed by atoms with Crippen LogP contribution in [0.15, 0.2) is 6.20 Å². The third kappa shape index (κ3) is 1.39. The van der Waals surface area contributed by atoms with Gasteiger partial charge in [-0.05, 0) is 13.8 Å². The Kier molecular flexibility index (Phi) is 2.11. The summed E-state index contributed by atoms with van der Waals surface area (Å²) in [6.45, 7) is 3.88. The average Bonchev–Trinajstić information content (AvgIpc) is 2.34. The summed E-state index contributed by atoms with van der Waals surface area (Å²) in [7, 11) is 0. The molecule has 1 atom stereocenters. The van der Waals surface area contributed by atoms with Crippen molar-refractivity contribution in [3.05, 3.63) is 11.9 Å². The SMILES string of the molecule is Cc1cn(C(C)C=S)nn1. The monoisotopic (exact) mass is 155 g/mol. The van der Waals surface area contributed by atoms with Gasteiger partial charge in [-0.25, -0.2) is 4.68 Å². The molecule has 1 rings (SSSR count). The fraction of sp³-hybridized carbons (Fsp3) is 0.500. The zero-order valence-electron chi connectivity index (χ0n) is 5.98. The van der Waals surface area contributed by atoms with Gasteiger partial charge in [-0.1, -0.05) is 17.4 Å². The summed E-state index contributed by atoms with van der Waals surface area (Å²) < 4.78 is 1.74. The van der Waals surface area contributed by atoms with Crippen molar-refractivity contribution < 1.29 is 0 Å². The maximum atomic E-state index is 4.75. The largest absolute Gasteiger partial charge is 0.245 e. The zero-order valence-corrected chi connectivity index (χ0v) is 6.80. The van der Waals surface area contributed by atoms with Crippen molar-refractivity contribution in [1.82, 2.24) is 15.0 Å². The number of aromatic nitrogens is 3. The van der Waals surface area contributed by atoms with E-state index in [9.17, 15) is 0 Å². The number of rotatable bonds is 2. The fourth-order valence-corrected chi connectivity index (χ4v) is 0.751. The molecule has 1 aromatic rings. The Balaban J connectivity index is 2.84. The lowest BCUT2D eigenvalue weighted by Gasteiger charge is -2.01. The van der Waals surface area contributed by atoms with Gasteiger partial charge in [0.25, 0.3) is 0 Å². The van der Waals surface area contributed by atoms with Gasteiger partial charge in [0.15, 0.2) is 0 Å². The van der Waals surface area contributed by atoms with Crippen LogP contribution in [0.4, 0.5) is 0 Å². The molecule has 3 nitrogen and oxygen atoms in total. The second kappa shape index (κ2) is 2.88. The molecule has 0 N–H and O–H groups in total. The first kappa shape index (κ1) is 7.34. The zero-order chi connectivity index (χ0) is 7.56. The van der Waals surface area contributed by atoms with Gasteiger partial charge in [0.2, 0.25) is 0 Å². The van der Waals surface area contributed by atoms with E-state index >= 15 is 0 Å². The van der Waals surface area contributed by atoms with Crippen molar-refractivity contribution in [2.24, 2.45) is 0 Å². The molecule has 4 heteroatoms. The van der Waals surface area contributed by atoms with E-state index in [1.54, 1.807) is 10.0 Å². The predicted octanol–water partition coefficient (Wildman–Crippen LogP) is 1.15. The Hall–Kier alpha value is -0.770. The molecule has 1 heterocycles. The summed E-state index contributed by atoms with van der Waals surface area (Å²) in [4.78, 5) is 0. The molecule has 0 spiro atoms. The van der Waals surface area contributed by atoms with Crippen molar-refractivity contribution in [3.63, 3.8) is 0 Å². The number of thiocarbonyl (C=S) groups is 1. The predicted molar refractivity (Wildman–Crippen MR) is 43.1 cm³/mol. The number of aryl methyl sites for hydroxylation is 1. The van der Waals surface area contributed by atoms with Crippen LogP contribution in [-0.2, 0) is 0 Å². The third-order valence-corrected chi connectivity index (χ3v) is 1.63. The standard InChI is InChI=1S/C6H9N3S/c1-5-3-9(8-7-5)6(2)4-10/h3-4,6H,1-2H3. The van der Waals surface area contributed by atoms with Crippen LogP contribution < -0.4 is 0 Å². The first-order valence-corrected chi connectivity index (χ1v) is 3.55. The highest BCUT2D eigenvalue weighted by molar-refractivity contribution is 7.79. The van der Waals surface area contributed by atoms with Crippen molar-refractivity contribution in [2.45, 2.75) is 19.9 Å². The van der Waals surface area contributed by atoms with Crippen molar-refractivity contribution >= 4 is 17.6 Å². The number of hydrogen-bond acceptors (Lipinski definition) is 3. The van der Waals surface area contributed by atoms with Crippen LogP contribution in [0.2, 0.25) is 0 Å². The maximum Gasteiger partial charge on any atom is 0.0796 e. The summed E-state index contributed by atoms with van der Waals surface area (Å²) >= 11 is 4.75. The van der Waals surface area contributed by atoms with E-state index in [4.69, 9.17) is 12.2 Å². The quantitative estimate of drug-likeness (QED) is 0.600. The molecule has 0 bridgehead atoms. The lowest BCUT2D eigenvalue weighted by molar-refractivity contribution is 0.593. The van der Waals surface area contributed by atoms with E-state index in [0.717, 1.165) is 5.69 Å². The van der Waals surface area contributed by atoms with Crippen LogP contribution in [0.5, 0.6) is 0 Å². The highest BCUT2D eigenvalue weighted by atomic mass is 32.1. The number of nitrogens with zero attached hydrogens (tertiary/aromatic N) is 3. The third-order valence-electron chi connectivity index (χ3n) is 1.24. The summed E-state index contributed by atoms with van der Waals surface area (Å²) in [6, 6.07) is 0.163. The van der Waals surface area contributed by atoms with Gasteiger partial charge < -0.3 is 0 Å². The van der Waals surface area contributed by atoms with Crippen LogP contribution in [0.1, 0.15) is 18.7 Å². The molecule has 0 amide bonds. The molecular formula is C6H9N3S. The van der Waals surface area contributed by atoms with Crippen LogP contribution in [0.25, 0.3) is 0 Å². The van der Waals surface area contributed by atoms with Gasteiger partial charge in [-0.2, -0.15) is 0 Å². The van der Waals surface area contributed by atoms with Gasteiger partial charge >= 0.3 is 0 Å². The molecule has 0 saturated heterocycles. The Morgan fingerprint density at radius 2 is 2.50 bits per heavy atom. The lowest BCUT2D eigenvalue weighted by atomic mass is 10.4. The second-order valence-electron chi connectivity index (χ2n) is 2.22. The topological polar surface area (TPSA) is 30.7 Å². The molecule has 1 aromatic heterocycles. The van der Waals surface area contributed by atoms with Gasteiger partial charge in [0, 0.05) is 11.6 Å². The normalized spacial score (nSPS) is 13.0. The summed E-state index contributed by atoms with van der Waals surface area (Å²) in [6.07, 6.45) is 1.87. The van der Waals surface area contributed by atoms with Gasteiger partial charge in [-0.3, -0.25) is 0 Å². The Bertz CT molecular complexity index is 231. The lowest BCUT2D eigenvalue weighted by Crippen LogP contribution is -2.05. The smallest absolute Gasteiger partial charge is 0.0796 e. The average molecular weight is 155 g/mol. The molecule has 0 radical (unpaired) electrons. The van der Waals surface area contributed by atoms with Crippen LogP contribution in [-0.4, -0.2) is 20.4 Å². The van der Waals surface area contributed by atoms with E-state index in [0.29, 0.717) is 0 Å². The molecule has 0 aliphatic carbocycles. The molecule has 10 heavy (non-hydrogen) atoms. The first-order valence-electron chi connectivity index (χ1n) is 3.08. The Morgan fingerprint density at radius 3 is 2.90 bits per heavy atom. The fourth-order valence-electron chi connectivity index (χ4n) is 0.627. The van der Waals surface area contributed by atoms with Gasteiger partial charge in [0.1, 0.15) is 0 Å². The maximum absolute atomic E-state index is 4.75. The molecule has 1 unspecified atom stereocenters. The highest BCUT2D eigenvalue weighted by Crippen LogP contribution is 1.99. The molecule has 0 aromatic carbocycles. The van der Waals surface area contributed by atoms with E-state index in [1.807, 2.05) is 20.0 Å². The minimum Gasteiger partial charge on any atom is -0.245 e. The van der Waals surface area contributed by atoms with Gasteiger partial charge in [-0.15, -0.1) is 5.10 Å². The van der Waals surface area contributed by atoms with E-state index < -0.39 is 0 Å². The minimum absolute atomic E-state index is 0.163. The molecule has 0 aliphatic heterocycles. The number of hydrogen-bond donors (Lipinski definition) is 0.